The van der Waals surface area contributed by atoms with Gasteiger partial charge < -0.3 is 10.1 Å². The van der Waals surface area contributed by atoms with Crippen LogP contribution in [0, 0.1) is 5.92 Å². The van der Waals surface area contributed by atoms with Gasteiger partial charge in [0.25, 0.3) is 5.91 Å². The molecule has 3 rings (SSSR count). The second kappa shape index (κ2) is 10.5. The molecule has 0 bridgehead atoms. The first-order chi connectivity index (χ1) is 14.4. The van der Waals surface area contributed by atoms with Crippen molar-refractivity contribution in [3.05, 3.63) is 42.5 Å². The van der Waals surface area contributed by atoms with Crippen molar-refractivity contribution < 1.29 is 22.7 Å². The monoisotopic (exact) mass is 432 g/mol. The first kappa shape index (κ1) is 22.2. The van der Waals surface area contributed by atoms with Crippen LogP contribution >= 0.6 is 0 Å². The molecular formula is C22H28N2O5S. The molecule has 1 saturated carbocycles. The maximum Gasteiger partial charge on any atom is 0.307 e. The van der Waals surface area contributed by atoms with Crippen molar-refractivity contribution in [3.8, 4) is 0 Å². The standard InChI is InChI=1S/C22H28N2O5S/c25-21(23-15-17-6-2-1-3-7-17)16-29-22(26)12-13-24-30(27,28)20-11-10-18-8-4-5-9-19(18)14-20/h4-5,8-11,14,17,24H,1-3,6-7,12-13,15-16H2,(H,23,25). The highest BCUT2D eigenvalue weighted by Gasteiger charge is 2.17. The van der Waals surface area contributed by atoms with Crippen LogP contribution in [-0.2, 0) is 24.3 Å². The first-order valence-electron chi connectivity index (χ1n) is 10.3. The molecule has 162 valence electrons. The number of nitrogens with one attached hydrogen (secondary N) is 2. The number of fused-ring (bicyclic) bond motifs is 1. The van der Waals surface area contributed by atoms with E-state index in [2.05, 4.69) is 10.0 Å². The third kappa shape index (κ3) is 6.53. The number of ether oxygens (including phenoxy) is 1. The van der Waals surface area contributed by atoms with Gasteiger partial charge in [0.2, 0.25) is 10.0 Å². The largest absolute Gasteiger partial charge is 0.456 e. The normalized spacial score (nSPS) is 15.1. The summed E-state index contributed by atoms with van der Waals surface area (Å²) in [6.07, 6.45) is 5.75. The molecule has 30 heavy (non-hydrogen) atoms. The van der Waals surface area contributed by atoms with Crippen LogP contribution in [0.2, 0.25) is 0 Å². The Balaban J connectivity index is 1.38. The molecule has 0 heterocycles. The fourth-order valence-corrected chi connectivity index (χ4v) is 4.69. The van der Waals surface area contributed by atoms with Crippen LogP contribution in [0.15, 0.2) is 47.4 Å². The molecule has 0 saturated heterocycles. The van der Waals surface area contributed by atoms with Gasteiger partial charge in [-0.25, -0.2) is 13.1 Å². The molecular weight excluding hydrogens is 404 g/mol. The maximum absolute atomic E-state index is 12.4. The van der Waals surface area contributed by atoms with Gasteiger partial charge in [-0.1, -0.05) is 49.6 Å². The number of carbonyl (C=O) groups is 2. The van der Waals surface area contributed by atoms with Crippen LogP contribution in [0.5, 0.6) is 0 Å². The van der Waals surface area contributed by atoms with Gasteiger partial charge in [-0.05, 0) is 41.7 Å². The predicted octanol–water partition coefficient (Wildman–Crippen LogP) is 2.75. The summed E-state index contributed by atoms with van der Waals surface area (Å²) in [5.41, 5.74) is 0. The lowest BCUT2D eigenvalue weighted by Gasteiger charge is -2.21. The van der Waals surface area contributed by atoms with Crippen molar-refractivity contribution in [2.24, 2.45) is 5.92 Å². The number of benzene rings is 2. The van der Waals surface area contributed by atoms with Gasteiger partial charge in [-0.15, -0.1) is 0 Å². The van der Waals surface area contributed by atoms with Crippen molar-refractivity contribution >= 4 is 32.7 Å². The molecule has 8 heteroatoms. The Kier molecular flexibility index (Phi) is 7.81. The number of rotatable bonds is 9. The fourth-order valence-electron chi connectivity index (χ4n) is 3.62. The van der Waals surface area contributed by atoms with Gasteiger partial charge in [0.1, 0.15) is 0 Å². The van der Waals surface area contributed by atoms with Crippen LogP contribution in [0.4, 0.5) is 0 Å². The van der Waals surface area contributed by atoms with Crippen LogP contribution in [0.1, 0.15) is 38.5 Å². The highest BCUT2D eigenvalue weighted by atomic mass is 32.2. The molecule has 2 aromatic carbocycles. The van der Waals surface area contributed by atoms with Crippen molar-refractivity contribution in [1.29, 1.82) is 0 Å². The molecule has 0 atom stereocenters. The molecule has 0 unspecified atom stereocenters. The van der Waals surface area contributed by atoms with Crippen molar-refractivity contribution in [2.75, 3.05) is 19.7 Å². The number of carbonyl (C=O) groups excluding carboxylic acids is 2. The molecule has 2 N–H and O–H groups in total. The summed E-state index contributed by atoms with van der Waals surface area (Å²) in [6, 6.07) is 12.3. The highest BCUT2D eigenvalue weighted by Crippen LogP contribution is 2.22. The maximum atomic E-state index is 12.4. The third-order valence-corrected chi connectivity index (χ3v) is 6.79. The van der Waals surface area contributed by atoms with Crippen molar-refractivity contribution in [3.63, 3.8) is 0 Å². The van der Waals surface area contributed by atoms with E-state index in [1.54, 1.807) is 12.1 Å². The molecule has 7 nitrogen and oxygen atoms in total. The summed E-state index contributed by atoms with van der Waals surface area (Å²) in [7, 11) is -3.74. The van der Waals surface area contributed by atoms with E-state index in [-0.39, 0.29) is 30.4 Å². The number of hydrogen-bond donors (Lipinski definition) is 2. The van der Waals surface area contributed by atoms with E-state index in [9.17, 15) is 18.0 Å². The van der Waals surface area contributed by atoms with Crippen LogP contribution < -0.4 is 10.0 Å². The summed E-state index contributed by atoms with van der Waals surface area (Å²) in [6.45, 7) is 0.169. The van der Waals surface area contributed by atoms with E-state index in [1.807, 2.05) is 24.3 Å². The number of sulfonamides is 1. The van der Waals surface area contributed by atoms with Gasteiger partial charge in [-0.2, -0.15) is 0 Å². The summed E-state index contributed by atoms with van der Waals surface area (Å²) in [5.74, 6) is -0.447. The van der Waals surface area contributed by atoms with Gasteiger partial charge in [0.15, 0.2) is 6.61 Å². The minimum absolute atomic E-state index is 0.0995. The molecule has 0 aromatic heterocycles. The van der Waals surface area contributed by atoms with E-state index < -0.39 is 16.0 Å². The number of amides is 1. The molecule has 1 amide bonds. The SMILES string of the molecule is O=C(COC(=O)CCNS(=O)(=O)c1ccc2ccccc2c1)NCC1CCCCC1. The molecule has 0 radical (unpaired) electrons. The average Bonchev–Trinajstić information content (AvgIpc) is 2.76. The van der Waals surface area contributed by atoms with Gasteiger partial charge in [0, 0.05) is 13.1 Å². The quantitative estimate of drug-likeness (QED) is 0.594. The lowest BCUT2D eigenvalue weighted by Crippen LogP contribution is -2.34. The second-order valence-electron chi connectivity index (χ2n) is 7.63. The van der Waals surface area contributed by atoms with E-state index in [4.69, 9.17) is 4.74 Å². The summed E-state index contributed by atoms with van der Waals surface area (Å²) in [5, 5.41) is 4.56. The Hall–Kier alpha value is -2.45. The smallest absolute Gasteiger partial charge is 0.307 e. The lowest BCUT2D eigenvalue weighted by atomic mass is 9.89. The summed E-state index contributed by atoms with van der Waals surface area (Å²) < 4.78 is 32.2. The van der Waals surface area contributed by atoms with E-state index >= 15 is 0 Å². The van der Waals surface area contributed by atoms with Gasteiger partial charge >= 0.3 is 5.97 Å². The molecule has 0 spiro atoms. The Morgan fingerprint density at radius 3 is 2.50 bits per heavy atom. The Morgan fingerprint density at radius 1 is 1.00 bits per heavy atom. The fraction of sp³-hybridized carbons (Fsp3) is 0.455. The number of esters is 1. The summed E-state index contributed by atoms with van der Waals surface area (Å²) in [4.78, 5) is 23.8. The lowest BCUT2D eigenvalue weighted by molar-refractivity contribution is -0.148. The zero-order chi connectivity index (χ0) is 21.4. The third-order valence-electron chi connectivity index (χ3n) is 5.33. The Morgan fingerprint density at radius 2 is 1.73 bits per heavy atom. The van der Waals surface area contributed by atoms with Crippen LogP contribution in [0.25, 0.3) is 10.8 Å². The molecule has 1 aliphatic rings. The Bertz CT molecular complexity index is 984. The van der Waals surface area contributed by atoms with Crippen molar-refractivity contribution in [1.82, 2.24) is 10.0 Å². The number of hydrogen-bond acceptors (Lipinski definition) is 5. The molecule has 1 aliphatic carbocycles. The minimum atomic E-state index is -3.74. The van der Waals surface area contributed by atoms with E-state index in [0.29, 0.717) is 12.5 Å². The highest BCUT2D eigenvalue weighted by molar-refractivity contribution is 7.89. The zero-order valence-corrected chi connectivity index (χ0v) is 17.7. The molecule has 1 fully saturated rings. The molecule has 0 aliphatic heterocycles. The van der Waals surface area contributed by atoms with Crippen molar-refractivity contribution in [2.45, 2.75) is 43.4 Å². The minimum Gasteiger partial charge on any atom is -0.456 e. The predicted molar refractivity (Wildman–Crippen MR) is 114 cm³/mol. The van der Waals surface area contributed by atoms with Crippen LogP contribution in [0.3, 0.4) is 0 Å². The van der Waals surface area contributed by atoms with Gasteiger partial charge in [-0.3, -0.25) is 9.59 Å². The zero-order valence-electron chi connectivity index (χ0n) is 16.9. The second-order valence-corrected chi connectivity index (χ2v) is 9.39. The first-order valence-corrected chi connectivity index (χ1v) is 11.8. The van der Waals surface area contributed by atoms with E-state index in [1.165, 1.54) is 25.3 Å². The molecule has 2 aromatic rings. The average molecular weight is 433 g/mol. The van der Waals surface area contributed by atoms with Crippen LogP contribution in [-0.4, -0.2) is 40.0 Å². The Labute approximate surface area is 177 Å². The van der Waals surface area contributed by atoms with E-state index in [0.717, 1.165) is 23.6 Å². The topological polar surface area (TPSA) is 102 Å². The summed E-state index contributed by atoms with van der Waals surface area (Å²) >= 11 is 0. The van der Waals surface area contributed by atoms with Gasteiger partial charge in [0.05, 0.1) is 11.3 Å².